The highest BCUT2D eigenvalue weighted by Crippen LogP contribution is 2.14. The summed E-state index contributed by atoms with van der Waals surface area (Å²) in [7, 11) is 1.79. The lowest BCUT2D eigenvalue weighted by Crippen LogP contribution is -2.48. The minimum Gasteiger partial charge on any atom is -0.489 e. The normalized spacial score (nSPS) is 17.0. The van der Waals surface area contributed by atoms with Gasteiger partial charge in [-0.1, -0.05) is 0 Å². The highest BCUT2D eigenvalue weighted by Gasteiger charge is 2.21. The van der Waals surface area contributed by atoms with Crippen LogP contribution in [0.15, 0.2) is 29.3 Å². The Hall–Kier alpha value is -1.09. The van der Waals surface area contributed by atoms with Gasteiger partial charge >= 0.3 is 0 Å². The highest BCUT2D eigenvalue weighted by molar-refractivity contribution is 14.0. The Kier molecular flexibility index (Phi) is 10.1. The van der Waals surface area contributed by atoms with Gasteiger partial charge in [0.1, 0.15) is 17.7 Å². The fourth-order valence-electron chi connectivity index (χ4n) is 2.82. The summed E-state index contributed by atoms with van der Waals surface area (Å²) in [6.07, 6.45) is 2.37. The first-order valence-electron chi connectivity index (χ1n) is 8.61. The Balaban J connectivity index is 0.00000312. The van der Waals surface area contributed by atoms with Crippen LogP contribution < -0.4 is 10.1 Å². The van der Waals surface area contributed by atoms with Gasteiger partial charge in [-0.25, -0.2) is 4.39 Å². The lowest BCUT2D eigenvalue weighted by atomic mass is 10.1. The molecule has 0 radical (unpaired) electrons. The first-order chi connectivity index (χ1) is 11.6. The topological polar surface area (TPSA) is 46.1 Å². The number of benzene rings is 1. The van der Waals surface area contributed by atoms with Crippen LogP contribution in [0.4, 0.5) is 4.39 Å². The number of hydrogen-bond donors (Lipinski definition) is 1. The van der Waals surface area contributed by atoms with Crippen LogP contribution in [0, 0.1) is 5.82 Å². The molecule has 7 heteroatoms. The van der Waals surface area contributed by atoms with Crippen molar-refractivity contribution in [3.8, 4) is 5.75 Å². The summed E-state index contributed by atoms with van der Waals surface area (Å²) in [6.45, 7) is 7.31. The second kappa shape index (κ2) is 11.5. The molecule has 5 nitrogen and oxygen atoms in total. The first-order valence-corrected chi connectivity index (χ1v) is 8.61. The minimum absolute atomic E-state index is 0. The molecule has 0 aliphatic carbocycles. The molecule has 25 heavy (non-hydrogen) atoms. The van der Waals surface area contributed by atoms with Crippen molar-refractivity contribution in [2.24, 2.45) is 4.99 Å². The molecule has 1 aromatic rings. The van der Waals surface area contributed by atoms with Crippen molar-refractivity contribution in [1.82, 2.24) is 10.2 Å². The van der Waals surface area contributed by atoms with E-state index in [4.69, 9.17) is 9.47 Å². The van der Waals surface area contributed by atoms with Gasteiger partial charge in [0, 0.05) is 26.7 Å². The number of piperidine rings is 1. The molecule has 1 atom stereocenters. The number of nitrogens with one attached hydrogen (secondary N) is 1. The van der Waals surface area contributed by atoms with Crippen molar-refractivity contribution in [3.05, 3.63) is 30.1 Å². The quantitative estimate of drug-likeness (QED) is 0.398. The van der Waals surface area contributed by atoms with Crippen molar-refractivity contribution in [3.63, 3.8) is 0 Å². The van der Waals surface area contributed by atoms with Gasteiger partial charge in [0.2, 0.25) is 0 Å². The molecule has 1 heterocycles. The van der Waals surface area contributed by atoms with E-state index < -0.39 is 0 Å². The third kappa shape index (κ3) is 7.35. The molecule has 1 aliphatic heterocycles. The summed E-state index contributed by atoms with van der Waals surface area (Å²) in [5, 5.41) is 3.35. The molecule has 0 saturated carbocycles. The molecule has 142 valence electrons. The Morgan fingerprint density at radius 1 is 1.32 bits per heavy atom. The van der Waals surface area contributed by atoms with Crippen LogP contribution in [0.25, 0.3) is 0 Å². The summed E-state index contributed by atoms with van der Waals surface area (Å²) in [5.74, 6) is 1.29. The number of guanidine groups is 1. The zero-order valence-electron chi connectivity index (χ0n) is 15.2. The molecule has 1 fully saturated rings. The number of halogens is 2. The minimum atomic E-state index is -0.260. The van der Waals surface area contributed by atoms with Crippen LogP contribution in [-0.2, 0) is 4.74 Å². The van der Waals surface area contributed by atoms with Gasteiger partial charge < -0.3 is 19.7 Å². The van der Waals surface area contributed by atoms with E-state index in [0.717, 1.165) is 38.5 Å². The number of hydrogen-bond acceptors (Lipinski definition) is 3. The van der Waals surface area contributed by atoms with E-state index in [1.54, 1.807) is 19.2 Å². The number of likely N-dealkylation sites (tertiary alicyclic amines) is 1. The van der Waals surface area contributed by atoms with Crippen molar-refractivity contribution < 1.29 is 13.9 Å². The zero-order valence-corrected chi connectivity index (χ0v) is 17.5. The maximum absolute atomic E-state index is 12.9. The maximum atomic E-state index is 12.9. The number of nitrogens with zero attached hydrogens (tertiary/aromatic N) is 2. The Morgan fingerprint density at radius 2 is 1.96 bits per heavy atom. The Morgan fingerprint density at radius 3 is 2.52 bits per heavy atom. The van der Waals surface area contributed by atoms with E-state index in [9.17, 15) is 4.39 Å². The zero-order chi connectivity index (χ0) is 17.4. The third-order valence-corrected chi connectivity index (χ3v) is 4.05. The van der Waals surface area contributed by atoms with Gasteiger partial charge in [-0.15, -0.1) is 24.0 Å². The van der Waals surface area contributed by atoms with Gasteiger partial charge in [-0.2, -0.15) is 0 Å². The molecule has 1 aliphatic rings. The van der Waals surface area contributed by atoms with Crippen molar-refractivity contribution in [2.45, 2.75) is 38.9 Å². The summed E-state index contributed by atoms with van der Waals surface area (Å²) in [6, 6.07) is 6.08. The average Bonchev–Trinajstić information content (AvgIpc) is 2.59. The summed E-state index contributed by atoms with van der Waals surface area (Å²) < 4.78 is 24.4. The average molecular weight is 465 g/mol. The van der Waals surface area contributed by atoms with Gasteiger partial charge in [0.15, 0.2) is 5.96 Å². The third-order valence-electron chi connectivity index (χ3n) is 4.05. The predicted molar refractivity (Wildman–Crippen MR) is 109 cm³/mol. The van der Waals surface area contributed by atoms with Crippen LogP contribution in [0.1, 0.15) is 26.7 Å². The summed E-state index contributed by atoms with van der Waals surface area (Å²) in [5.41, 5.74) is 0. The fourth-order valence-corrected chi connectivity index (χ4v) is 2.82. The number of ether oxygens (including phenoxy) is 2. The molecule has 1 aromatic carbocycles. The van der Waals surface area contributed by atoms with Gasteiger partial charge in [0.25, 0.3) is 0 Å². The van der Waals surface area contributed by atoms with Gasteiger partial charge in [0.05, 0.1) is 12.6 Å². The number of rotatable bonds is 6. The highest BCUT2D eigenvalue weighted by atomic mass is 127. The SMILES string of the molecule is CCOC1CCN(C(=NC)NCC(C)Oc2ccc(F)cc2)CC1.I. The second-order valence-corrected chi connectivity index (χ2v) is 5.95. The van der Waals surface area contributed by atoms with Gasteiger partial charge in [-0.3, -0.25) is 4.99 Å². The van der Waals surface area contributed by atoms with Crippen molar-refractivity contribution >= 4 is 29.9 Å². The molecule has 0 spiro atoms. The van der Waals surface area contributed by atoms with Crippen molar-refractivity contribution in [2.75, 3.05) is 33.3 Å². The molecular weight excluding hydrogens is 436 g/mol. The van der Waals surface area contributed by atoms with Crippen LogP contribution >= 0.6 is 24.0 Å². The van der Waals surface area contributed by atoms with E-state index in [-0.39, 0.29) is 35.9 Å². The predicted octanol–water partition coefficient (Wildman–Crippen LogP) is 3.29. The Bertz CT molecular complexity index is 520. The largest absolute Gasteiger partial charge is 0.489 e. The maximum Gasteiger partial charge on any atom is 0.193 e. The lowest BCUT2D eigenvalue weighted by molar-refractivity contribution is 0.0263. The second-order valence-electron chi connectivity index (χ2n) is 5.95. The van der Waals surface area contributed by atoms with E-state index >= 15 is 0 Å². The summed E-state index contributed by atoms with van der Waals surface area (Å²) >= 11 is 0. The molecule has 1 N–H and O–H groups in total. The van der Waals surface area contributed by atoms with Crippen LogP contribution in [0.3, 0.4) is 0 Å². The summed E-state index contributed by atoms with van der Waals surface area (Å²) in [4.78, 5) is 6.61. The standard InChI is InChI=1S/C18H28FN3O2.HI/c1-4-23-16-9-11-22(12-10-16)18(20-3)21-13-14(2)24-17-7-5-15(19)6-8-17;/h5-8,14,16H,4,9-13H2,1-3H3,(H,20,21);1H. The van der Waals surface area contributed by atoms with Gasteiger partial charge in [-0.05, 0) is 51.0 Å². The van der Waals surface area contributed by atoms with Crippen LogP contribution in [0.5, 0.6) is 5.75 Å². The van der Waals surface area contributed by atoms with E-state index in [1.165, 1.54) is 12.1 Å². The van der Waals surface area contributed by atoms with Crippen LogP contribution in [0.2, 0.25) is 0 Å². The molecular formula is C18H29FIN3O2. The molecule has 0 aromatic heterocycles. The fraction of sp³-hybridized carbons (Fsp3) is 0.611. The van der Waals surface area contributed by atoms with Crippen molar-refractivity contribution in [1.29, 1.82) is 0 Å². The lowest BCUT2D eigenvalue weighted by Gasteiger charge is -2.34. The molecule has 1 unspecified atom stereocenters. The smallest absolute Gasteiger partial charge is 0.193 e. The van der Waals surface area contributed by atoms with E-state index in [2.05, 4.69) is 15.2 Å². The molecule has 0 bridgehead atoms. The monoisotopic (exact) mass is 465 g/mol. The first kappa shape index (κ1) is 22.0. The molecule has 1 saturated heterocycles. The molecule has 0 amide bonds. The van der Waals surface area contributed by atoms with Crippen LogP contribution in [-0.4, -0.2) is 56.4 Å². The number of aliphatic imine (C=N–C) groups is 1. The Labute approximate surface area is 167 Å². The van der Waals surface area contributed by atoms with E-state index in [1.807, 2.05) is 13.8 Å². The molecule has 2 rings (SSSR count). The van der Waals surface area contributed by atoms with E-state index in [0.29, 0.717) is 18.4 Å².